The lowest BCUT2D eigenvalue weighted by atomic mass is 9.85. The van der Waals surface area contributed by atoms with E-state index in [1.165, 1.54) is 19.3 Å². The minimum Gasteiger partial charge on any atom is -0.388 e. The number of amides is 1. The Morgan fingerprint density at radius 1 is 1.44 bits per heavy atom. The highest BCUT2D eigenvalue weighted by molar-refractivity contribution is 5.95. The van der Waals surface area contributed by atoms with E-state index in [-0.39, 0.29) is 5.91 Å². The van der Waals surface area contributed by atoms with Crippen LogP contribution in [0.4, 0.5) is 5.69 Å². The first-order valence-corrected chi connectivity index (χ1v) is 6.65. The molecule has 1 aromatic rings. The molecule has 0 radical (unpaired) electrons. The van der Waals surface area contributed by atoms with Crippen molar-refractivity contribution >= 4 is 11.6 Å². The number of nitrogens with zero attached hydrogens (tertiary/aromatic N) is 1. The van der Waals surface area contributed by atoms with Gasteiger partial charge in [0.15, 0.2) is 0 Å². The van der Waals surface area contributed by atoms with E-state index in [9.17, 15) is 4.79 Å². The molecule has 3 nitrogen and oxygen atoms in total. The lowest BCUT2D eigenvalue weighted by Crippen LogP contribution is -2.34. The predicted octanol–water partition coefficient (Wildman–Crippen LogP) is 2.91. The van der Waals surface area contributed by atoms with Crippen LogP contribution in [0.1, 0.15) is 35.2 Å². The van der Waals surface area contributed by atoms with Gasteiger partial charge in [-0.15, -0.1) is 0 Å². The van der Waals surface area contributed by atoms with Gasteiger partial charge in [0.2, 0.25) is 0 Å². The van der Waals surface area contributed by atoms with Crippen molar-refractivity contribution in [3.05, 3.63) is 29.3 Å². The molecule has 1 aliphatic carbocycles. The fraction of sp³-hybridized carbons (Fsp3) is 0.533. The van der Waals surface area contributed by atoms with Crippen LogP contribution in [0.3, 0.4) is 0 Å². The van der Waals surface area contributed by atoms with E-state index < -0.39 is 0 Å². The normalized spacial score (nSPS) is 15.1. The third kappa shape index (κ3) is 2.66. The van der Waals surface area contributed by atoms with Gasteiger partial charge in [0, 0.05) is 31.9 Å². The molecular formula is C15H22N2O. The van der Waals surface area contributed by atoms with Crippen LogP contribution in [0.15, 0.2) is 18.2 Å². The number of carbonyl (C=O) groups is 1. The molecule has 3 heteroatoms. The second-order valence-electron chi connectivity index (χ2n) is 5.26. The zero-order valence-electron chi connectivity index (χ0n) is 11.5. The molecule has 0 spiro atoms. The fourth-order valence-electron chi connectivity index (χ4n) is 2.41. The summed E-state index contributed by atoms with van der Waals surface area (Å²) in [4.78, 5) is 14.2. The van der Waals surface area contributed by atoms with Crippen LogP contribution in [0.5, 0.6) is 0 Å². The topological polar surface area (TPSA) is 32.3 Å². The van der Waals surface area contributed by atoms with Crippen LogP contribution in [0.25, 0.3) is 0 Å². The maximum atomic E-state index is 12.3. The van der Waals surface area contributed by atoms with Crippen LogP contribution in [0, 0.1) is 12.8 Å². The number of rotatable bonds is 4. The second kappa shape index (κ2) is 5.42. The fourth-order valence-corrected chi connectivity index (χ4v) is 2.41. The molecule has 0 atom stereocenters. The summed E-state index contributed by atoms with van der Waals surface area (Å²) < 4.78 is 0. The Bertz CT molecular complexity index is 438. The first kappa shape index (κ1) is 12.9. The Kier molecular flexibility index (Phi) is 3.90. The van der Waals surface area contributed by atoms with E-state index in [1.54, 1.807) is 0 Å². The van der Waals surface area contributed by atoms with Crippen molar-refractivity contribution in [1.82, 2.24) is 4.90 Å². The number of hydrogen-bond acceptors (Lipinski definition) is 2. The highest BCUT2D eigenvalue weighted by atomic mass is 16.2. The average Bonchev–Trinajstić information content (AvgIpc) is 2.32. The van der Waals surface area contributed by atoms with Gasteiger partial charge in [-0.1, -0.05) is 6.42 Å². The van der Waals surface area contributed by atoms with Gasteiger partial charge in [-0.3, -0.25) is 4.79 Å². The Labute approximate surface area is 109 Å². The molecule has 0 unspecified atom stereocenters. The smallest absolute Gasteiger partial charge is 0.253 e. The first-order valence-electron chi connectivity index (χ1n) is 6.65. The summed E-state index contributed by atoms with van der Waals surface area (Å²) in [5, 5.41) is 3.09. The quantitative estimate of drug-likeness (QED) is 0.886. The molecule has 18 heavy (non-hydrogen) atoms. The molecule has 1 aliphatic rings. The molecule has 1 amide bonds. The van der Waals surface area contributed by atoms with Gasteiger partial charge in [-0.25, -0.2) is 0 Å². The SMILES string of the molecule is CNc1ccc(C(=O)N(C)CC2CCC2)c(C)c1. The number of hydrogen-bond donors (Lipinski definition) is 1. The maximum Gasteiger partial charge on any atom is 0.253 e. The monoisotopic (exact) mass is 246 g/mol. The van der Waals surface area contributed by atoms with Crippen LogP contribution >= 0.6 is 0 Å². The van der Waals surface area contributed by atoms with Crippen LogP contribution in [0.2, 0.25) is 0 Å². The highest BCUT2D eigenvalue weighted by Gasteiger charge is 2.22. The van der Waals surface area contributed by atoms with Crippen molar-refractivity contribution in [3.63, 3.8) is 0 Å². The van der Waals surface area contributed by atoms with Crippen LogP contribution in [-0.4, -0.2) is 31.4 Å². The summed E-state index contributed by atoms with van der Waals surface area (Å²) in [6.45, 7) is 2.89. The average molecular weight is 246 g/mol. The number of anilines is 1. The standard InChI is InChI=1S/C15H22N2O/c1-11-9-13(16-2)7-8-14(11)15(18)17(3)10-12-5-4-6-12/h7-9,12,16H,4-6,10H2,1-3H3. The van der Waals surface area contributed by atoms with Gasteiger partial charge < -0.3 is 10.2 Å². The lowest BCUT2D eigenvalue weighted by Gasteiger charge is -2.30. The third-order valence-electron chi connectivity index (χ3n) is 3.85. The molecule has 1 saturated carbocycles. The van der Waals surface area contributed by atoms with Crippen molar-refractivity contribution in [3.8, 4) is 0 Å². The number of aryl methyl sites for hydroxylation is 1. The molecule has 1 aromatic carbocycles. The van der Waals surface area contributed by atoms with Crippen LogP contribution in [-0.2, 0) is 0 Å². The predicted molar refractivity (Wildman–Crippen MR) is 75.0 cm³/mol. The van der Waals surface area contributed by atoms with E-state index in [1.807, 2.05) is 44.1 Å². The van der Waals surface area contributed by atoms with Crippen molar-refractivity contribution in [1.29, 1.82) is 0 Å². The molecule has 98 valence electrons. The lowest BCUT2D eigenvalue weighted by molar-refractivity contribution is 0.0744. The van der Waals surface area contributed by atoms with Gasteiger partial charge >= 0.3 is 0 Å². The summed E-state index contributed by atoms with van der Waals surface area (Å²) in [5.41, 5.74) is 2.90. The Morgan fingerprint density at radius 2 is 2.17 bits per heavy atom. The second-order valence-corrected chi connectivity index (χ2v) is 5.26. The maximum absolute atomic E-state index is 12.3. The minimum absolute atomic E-state index is 0.141. The molecule has 0 heterocycles. The molecule has 1 fully saturated rings. The van der Waals surface area contributed by atoms with Crippen molar-refractivity contribution < 1.29 is 4.79 Å². The molecule has 0 aliphatic heterocycles. The van der Waals surface area contributed by atoms with Crippen molar-refractivity contribution in [2.24, 2.45) is 5.92 Å². The molecule has 0 aromatic heterocycles. The first-order chi connectivity index (χ1) is 8.61. The summed E-state index contributed by atoms with van der Waals surface area (Å²) in [6, 6.07) is 5.89. The summed E-state index contributed by atoms with van der Waals surface area (Å²) >= 11 is 0. The largest absolute Gasteiger partial charge is 0.388 e. The molecule has 2 rings (SSSR count). The van der Waals surface area contributed by atoms with Crippen molar-refractivity contribution in [2.75, 3.05) is 26.0 Å². The highest BCUT2D eigenvalue weighted by Crippen LogP contribution is 2.27. The van der Waals surface area contributed by atoms with Gasteiger partial charge in [0.25, 0.3) is 5.91 Å². The van der Waals surface area contributed by atoms with Gasteiger partial charge in [-0.05, 0) is 49.4 Å². The van der Waals surface area contributed by atoms with Gasteiger partial charge in [-0.2, -0.15) is 0 Å². The zero-order chi connectivity index (χ0) is 13.1. The Hall–Kier alpha value is -1.51. The Balaban J connectivity index is 2.07. The number of carbonyl (C=O) groups excluding carboxylic acids is 1. The van der Waals surface area contributed by atoms with E-state index in [4.69, 9.17) is 0 Å². The minimum atomic E-state index is 0.141. The van der Waals surface area contributed by atoms with Crippen molar-refractivity contribution in [2.45, 2.75) is 26.2 Å². The molecule has 1 N–H and O–H groups in total. The van der Waals surface area contributed by atoms with E-state index >= 15 is 0 Å². The summed E-state index contributed by atoms with van der Waals surface area (Å²) in [5.74, 6) is 0.859. The van der Waals surface area contributed by atoms with E-state index in [2.05, 4.69) is 5.32 Å². The zero-order valence-corrected chi connectivity index (χ0v) is 11.5. The Morgan fingerprint density at radius 3 is 2.67 bits per heavy atom. The van der Waals surface area contributed by atoms with E-state index in [0.717, 1.165) is 29.3 Å². The summed E-state index contributed by atoms with van der Waals surface area (Å²) in [7, 11) is 3.80. The van der Waals surface area contributed by atoms with Crippen LogP contribution < -0.4 is 5.32 Å². The molecule has 0 bridgehead atoms. The molecule has 0 saturated heterocycles. The number of nitrogens with one attached hydrogen (secondary N) is 1. The number of benzene rings is 1. The van der Waals surface area contributed by atoms with Gasteiger partial charge in [0.05, 0.1) is 0 Å². The van der Waals surface area contributed by atoms with Gasteiger partial charge in [0.1, 0.15) is 0 Å². The summed E-state index contributed by atoms with van der Waals surface area (Å²) in [6.07, 6.45) is 3.87. The van der Waals surface area contributed by atoms with E-state index in [0.29, 0.717) is 0 Å². The third-order valence-corrected chi connectivity index (χ3v) is 3.85. The molecular weight excluding hydrogens is 224 g/mol.